The van der Waals surface area contributed by atoms with Crippen molar-refractivity contribution in [1.82, 2.24) is 15.5 Å². The van der Waals surface area contributed by atoms with Gasteiger partial charge in [-0.05, 0) is 38.3 Å². The zero-order valence-corrected chi connectivity index (χ0v) is 10.7. The second-order valence-corrected chi connectivity index (χ2v) is 5.19. The lowest BCUT2D eigenvalue weighted by Crippen LogP contribution is -2.39. The minimum atomic E-state index is 0.768. The molecule has 2 rings (SSSR count). The van der Waals surface area contributed by atoms with Crippen molar-refractivity contribution in [2.75, 3.05) is 31.1 Å². The number of piperidine rings is 1. The van der Waals surface area contributed by atoms with Gasteiger partial charge in [0, 0.05) is 13.1 Å². The van der Waals surface area contributed by atoms with Crippen molar-refractivity contribution in [2.24, 2.45) is 5.92 Å². The Bertz CT molecular complexity index is 288. The van der Waals surface area contributed by atoms with E-state index in [1.807, 2.05) is 5.51 Å². The van der Waals surface area contributed by atoms with Gasteiger partial charge in [-0.2, -0.15) is 0 Å². The molecule has 1 aromatic rings. The number of aromatic nitrogens is 2. The second-order valence-electron chi connectivity index (χ2n) is 4.38. The predicted octanol–water partition coefficient (Wildman–Crippen LogP) is 1.75. The maximum absolute atomic E-state index is 4.14. The van der Waals surface area contributed by atoms with E-state index in [1.165, 1.54) is 19.3 Å². The zero-order chi connectivity index (χ0) is 11.2. The molecule has 1 aliphatic heterocycles. The van der Waals surface area contributed by atoms with Gasteiger partial charge in [-0.1, -0.05) is 18.3 Å². The molecular formula is C11H20N4S. The van der Waals surface area contributed by atoms with Crippen molar-refractivity contribution in [3.63, 3.8) is 0 Å². The first kappa shape index (κ1) is 11.8. The van der Waals surface area contributed by atoms with Gasteiger partial charge in [0.2, 0.25) is 5.13 Å². The summed E-state index contributed by atoms with van der Waals surface area (Å²) in [5.41, 5.74) is 1.81. The summed E-state index contributed by atoms with van der Waals surface area (Å²) in [7, 11) is 0. The molecule has 90 valence electrons. The van der Waals surface area contributed by atoms with E-state index < -0.39 is 0 Å². The molecule has 0 bridgehead atoms. The fourth-order valence-electron chi connectivity index (χ4n) is 2.19. The van der Waals surface area contributed by atoms with E-state index >= 15 is 0 Å². The fraction of sp³-hybridized carbons (Fsp3) is 0.818. The van der Waals surface area contributed by atoms with E-state index in [0.717, 1.165) is 37.2 Å². The Labute approximate surface area is 101 Å². The Kier molecular flexibility index (Phi) is 4.54. The van der Waals surface area contributed by atoms with E-state index in [9.17, 15) is 0 Å². The van der Waals surface area contributed by atoms with Gasteiger partial charge in [0.1, 0.15) is 5.51 Å². The minimum Gasteiger partial charge on any atom is -0.346 e. The first-order chi connectivity index (χ1) is 7.90. The molecular weight excluding hydrogens is 220 g/mol. The molecule has 1 aliphatic rings. The van der Waals surface area contributed by atoms with Gasteiger partial charge in [0.25, 0.3) is 0 Å². The quantitative estimate of drug-likeness (QED) is 0.796. The lowest BCUT2D eigenvalue weighted by atomic mass is 9.98. The first-order valence-electron chi connectivity index (χ1n) is 6.12. The monoisotopic (exact) mass is 240 g/mol. The number of nitrogens with zero attached hydrogens (tertiary/aromatic N) is 3. The summed E-state index contributed by atoms with van der Waals surface area (Å²) >= 11 is 1.64. The summed E-state index contributed by atoms with van der Waals surface area (Å²) < 4.78 is 0. The third-order valence-corrected chi connectivity index (χ3v) is 3.75. The molecule has 0 aromatic carbocycles. The van der Waals surface area contributed by atoms with Crippen molar-refractivity contribution in [1.29, 1.82) is 0 Å². The van der Waals surface area contributed by atoms with E-state index in [-0.39, 0.29) is 0 Å². The van der Waals surface area contributed by atoms with Crippen LogP contribution in [0.2, 0.25) is 0 Å². The van der Waals surface area contributed by atoms with Crippen LogP contribution in [-0.4, -0.2) is 36.4 Å². The Morgan fingerprint density at radius 2 is 2.56 bits per heavy atom. The van der Waals surface area contributed by atoms with Crippen LogP contribution in [0.4, 0.5) is 5.13 Å². The van der Waals surface area contributed by atoms with Crippen LogP contribution in [0.5, 0.6) is 0 Å². The third kappa shape index (κ3) is 3.15. The molecule has 0 saturated carbocycles. The highest BCUT2D eigenvalue weighted by Gasteiger charge is 2.21. The molecule has 1 atom stereocenters. The molecule has 0 radical (unpaired) electrons. The summed E-state index contributed by atoms with van der Waals surface area (Å²) in [6, 6.07) is 0. The standard InChI is InChI=1S/C11H20N4S/c1-2-5-12-7-10-4-3-6-15(8-10)11-14-13-9-16-11/h9-10,12H,2-8H2,1H3. The molecule has 1 N–H and O–H groups in total. The first-order valence-corrected chi connectivity index (χ1v) is 7.00. The number of rotatable bonds is 5. The Morgan fingerprint density at radius 1 is 1.62 bits per heavy atom. The van der Waals surface area contributed by atoms with E-state index in [0.29, 0.717) is 0 Å². The van der Waals surface area contributed by atoms with Gasteiger partial charge < -0.3 is 10.2 Å². The molecule has 5 heteroatoms. The largest absolute Gasteiger partial charge is 0.346 e. The van der Waals surface area contributed by atoms with Crippen LogP contribution >= 0.6 is 11.3 Å². The van der Waals surface area contributed by atoms with Crippen LogP contribution in [0.15, 0.2) is 5.51 Å². The van der Waals surface area contributed by atoms with E-state index in [4.69, 9.17) is 0 Å². The molecule has 1 aromatic heterocycles. The van der Waals surface area contributed by atoms with Crippen molar-refractivity contribution < 1.29 is 0 Å². The normalized spacial score (nSPS) is 21.3. The average Bonchev–Trinajstić information content (AvgIpc) is 2.83. The highest BCUT2D eigenvalue weighted by atomic mass is 32.1. The lowest BCUT2D eigenvalue weighted by molar-refractivity contribution is 0.392. The zero-order valence-electron chi connectivity index (χ0n) is 9.85. The topological polar surface area (TPSA) is 41.0 Å². The summed E-state index contributed by atoms with van der Waals surface area (Å²) in [4.78, 5) is 2.37. The molecule has 1 unspecified atom stereocenters. The molecule has 1 saturated heterocycles. The van der Waals surface area contributed by atoms with E-state index in [1.54, 1.807) is 11.3 Å². The number of anilines is 1. The van der Waals surface area contributed by atoms with Crippen molar-refractivity contribution in [3.05, 3.63) is 5.51 Å². The molecule has 0 aliphatic carbocycles. The highest BCUT2D eigenvalue weighted by molar-refractivity contribution is 7.13. The minimum absolute atomic E-state index is 0.768. The maximum Gasteiger partial charge on any atom is 0.208 e. The van der Waals surface area contributed by atoms with Crippen LogP contribution in [0.1, 0.15) is 26.2 Å². The number of hydrogen-bond donors (Lipinski definition) is 1. The number of nitrogens with one attached hydrogen (secondary N) is 1. The summed E-state index contributed by atoms with van der Waals surface area (Å²) in [5.74, 6) is 0.768. The predicted molar refractivity (Wildman–Crippen MR) is 68.0 cm³/mol. The van der Waals surface area contributed by atoms with Gasteiger partial charge in [0.05, 0.1) is 0 Å². The van der Waals surface area contributed by atoms with Crippen LogP contribution in [0.25, 0.3) is 0 Å². The van der Waals surface area contributed by atoms with Gasteiger partial charge in [0.15, 0.2) is 0 Å². The SMILES string of the molecule is CCCNCC1CCCN(c2nncs2)C1. The molecule has 1 fully saturated rings. The van der Waals surface area contributed by atoms with Crippen molar-refractivity contribution in [3.8, 4) is 0 Å². The maximum atomic E-state index is 4.14. The highest BCUT2D eigenvalue weighted by Crippen LogP contribution is 2.23. The summed E-state index contributed by atoms with van der Waals surface area (Å²) in [5, 5.41) is 12.6. The molecule has 0 amide bonds. The van der Waals surface area contributed by atoms with Crippen LogP contribution < -0.4 is 10.2 Å². The Balaban J connectivity index is 1.80. The summed E-state index contributed by atoms with van der Waals surface area (Å²) in [6.45, 7) is 6.76. The van der Waals surface area contributed by atoms with Crippen LogP contribution in [0, 0.1) is 5.92 Å². The average molecular weight is 240 g/mol. The van der Waals surface area contributed by atoms with Gasteiger partial charge in [-0.25, -0.2) is 0 Å². The van der Waals surface area contributed by atoms with E-state index in [2.05, 4.69) is 27.3 Å². The third-order valence-electron chi connectivity index (χ3n) is 3.00. The van der Waals surface area contributed by atoms with Gasteiger partial charge >= 0.3 is 0 Å². The second kappa shape index (κ2) is 6.15. The van der Waals surface area contributed by atoms with Gasteiger partial charge in [-0.15, -0.1) is 10.2 Å². The summed E-state index contributed by atoms with van der Waals surface area (Å²) in [6.07, 6.45) is 3.83. The van der Waals surface area contributed by atoms with Crippen LogP contribution in [0.3, 0.4) is 0 Å². The molecule has 2 heterocycles. The van der Waals surface area contributed by atoms with Crippen molar-refractivity contribution in [2.45, 2.75) is 26.2 Å². The number of hydrogen-bond acceptors (Lipinski definition) is 5. The smallest absolute Gasteiger partial charge is 0.208 e. The fourth-order valence-corrected chi connectivity index (χ4v) is 2.79. The molecule has 4 nitrogen and oxygen atoms in total. The van der Waals surface area contributed by atoms with Crippen molar-refractivity contribution >= 4 is 16.5 Å². The lowest BCUT2D eigenvalue weighted by Gasteiger charge is -2.32. The van der Waals surface area contributed by atoms with Crippen LogP contribution in [-0.2, 0) is 0 Å². The Hall–Kier alpha value is -0.680. The molecule has 16 heavy (non-hydrogen) atoms. The Morgan fingerprint density at radius 3 is 3.31 bits per heavy atom. The van der Waals surface area contributed by atoms with Gasteiger partial charge in [-0.3, -0.25) is 0 Å². The molecule has 0 spiro atoms.